The lowest BCUT2D eigenvalue weighted by Crippen LogP contribution is -2.48. The van der Waals surface area contributed by atoms with E-state index in [1.807, 2.05) is 35.2 Å². The van der Waals surface area contributed by atoms with Crippen LogP contribution in [0.4, 0.5) is 5.69 Å². The monoisotopic (exact) mass is 380 g/mol. The molecule has 2 fully saturated rings. The number of carbonyl (C=O) groups is 2. The van der Waals surface area contributed by atoms with E-state index in [4.69, 9.17) is 0 Å². The summed E-state index contributed by atoms with van der Waals surface area (Å²) in [5, 5.41) is 3.01. The fourth-order valence-electron chi connectivity index (χ4n) is 4.10. The molecular formula is C22H24N2O2S. The number of aryl methyl sites for hydroxylation is 1. The van der Waals surface area contributed by atoms with Crippen molar-refractivity contribution in [2.75, 3.05) is 11.1 Å². The second kappa shape index (κ2) is 7.39. The maximum atomic E-state index is 13.0. The Kier molecular flexibility index (Phi) is 4.96. The highest BCUT2D eigenvalue weighted by Gasteiger charge is 2.56. The zero-order valence-corrected chi connectivity index (χ0v) is 16.3. The van der Waals surface area contributed by atoms with Crippen molar-refractivity contribution in [2.45, 2.75) is 43.5 Å². The van der Waals surface area contributed by atoms with Crippen molar-refractivity contribution in [2.24, 2.45) is 0 Å². The predicted molar refractivity (Wildman–Crippen MR) is 110 cm³/mol. The second-order valence-corrected chi connectivity index (χ2v) is 8.47. The lowest BCUT2D eigenvalue weighted by Gasteiger charge is -2.34. The first-order chi connectivity index (χ1) is 13.1. The molecule has 2 aromatic rings. The van der Waals surface area contributed by atoms with Crippen LogP contribution in [0, 0.1) is 0 Å². The molecule has 2 aliphatic heterocycles. The van der Waals surface area contributed by atoms with E-state index in [0.717, 1.165) is 30.5 Å². The molecule has 2 amide bonds. The highest BCUT2D eigenvalue weighted by molar-refractivity contribution is 8.00. The molecule has 0 radical (unpaired) electrons. The Balaban J connectivity index is 1.54. The minimum atomic E-state index is -0.430. The number of amides is 2. The van der Waals surface area contributed by atoms with Crippen molar-refractivity contribution in [1.29, 1.82) is 0 Å². The van der Waals surface area contributed by atoms with Gasteiger partial charge in [-0.15, -0.1) is 11.8 Å². The lowest BCUT2D eigenvalue weighted by molar-refractivity contribution is -0.136. The van der Waals surface area contributed by atoms with Crippen molar-refractivity contribution in [3.63, 3.8) is 0 Å². The summed E-state index contributed by atoms with van der Waals surface area (Å²) >= 11 is 1.72. The Morgan fingerprint density at radius 3 is 2.63 bits per heavy atom. The first kappa shape index (κ1) is 18.1. The van der Waals surface area contributed by atoms with Gasteiger partial charge < -0.3 is 10.2 Å². The molecular weight excluding hydrogens is 356 g/mol. The number of rotatable bonds is 5. The van der Waals surface area contributed by atoms with Gasteiger partial charge in [-0.1, -0.05) is 55.8 Å². The van der Waals surface area contributed by atoms with Gasteiger partial charge in [0, 0.05) is 17.9 Å². The Labute approximate surface area is 164 Å². The van der Waals surface area contributed by atoms with Crippen LogP contribution in [0.1, 0.15) is 37.3 Å². The van der Waals surface area contributed by atoms with Crippen LogP contribution in [0.15, 0.2) is 54.6 Å². The summed E-state index contributed by atoms with van der Waals surface area (Å²) in [5.74, 6) is 0.599. The average Bonchev–Trinajstić information content (AvgIpc) is 3.24. The van der Waals surface area contributed by atoms with E-state index in [0.29, 0.717) is 12.2 Å². The Hall–Kier alpha value is -2.27. The highest BCUT2D eigenvalue weighted by Crippen LogP contribution is 2.54. The minimum Gasteiger partial charge on any atom is -0.324 e. The molecule has 2 aliphatic rings. The molecule has 0 aromatic heterocycles. The van der Waals surface area contributed by atoms with E-state index in [1.54, 1.807) is 11.8 Å². The fourth-order valence-corrected chi connectivity index (χ4v) is 5.76. The van der Waals surface area contributed by atoms with E-state index in [-0.39, 0.29) is 11.8 Å². The van der Waals surface area contributed by atoms with Crippen LogP contribution in [0.25, 0.3) is 0 Å². The van der Waals surface area contributed by atoms with Crippen molar-refractivity contribution in [3.8, 4) is 0 Å². The van der Waals surface area contributed by atoms with Crippen molar-refractivity contribution >= 4 is 29.3 Å². The molecule has 27 heavy (non-hydrogen) atoms. The van der Waals surface area contributed by atoms with E-state index >= 15 is 0 Å². The molecule has 0 spiro atoms. The van der Waals surface area contributed by atoms with E-state index in [1.165, 1.54) is 5.56 Å². The van der Waals surface area contributed by atoms with Gasteiger partial charge in [-0.2, -0.15) is 0 Å². The van der Waals surface area contributed by atoms with Gasteiger partial charge in [-0.25, -0.2) is 0 Å². The number of fused-ring (bicyclic) bond motifs is 1. The van der Waals surface area contributed by atoms with Crippen LogP contribution in [0.2, 0.25) is 0 Å². The molecule has 0 saturated carbocycles. The van der Waals surface area contributed by atoms with Gasteiger partial charge in [0.05, 0.1) is 0 Å². The zero-order chi connectivity index (χ0) is 18.9. The highest BCUT2D eigenvalue weighted by atomic mass is 32.2. The molecule has 0 bridgehead atoms. The molecule has 4 rings (SSSR count). The first-order valence-electron chi connectivity index (χ1n) is 9.55. The van der Waals surface area contributed by atoms with E-state index in [9.17, 15) is 9.59 Å². The topological polar surface area (TPSA) is 49.4 Å². The quantitative estimate of drug-likeness (QED) is 0.847. The number of thioether (sulfide) groups is 1. The molecule has 140 valence electrons. The third kappa shape index (κ3) is 3.25. The molecule has 0 unspecified atom stereocenters. The largest absolute Gasteiger partial charge is 0.324 e. The molecule has 2 heterocycles. The van der Waals surface area contributed by atoms with Gasteiger partial charge >= 0.3 is 0 Å². The summed E-state index contributed by atoms with van der Waals surface area (Å²) in [6, 6.07) is 17.7. The Morgan fingerprint density at radius 2 is 1.93 bits per heavy atom. The van der Waals surface area contributed by atoms with Crippen LogP contribution in [-0.2, 0) is 20.9 Å². The molecule has 1 N–H and O–H groups in total. The normalized spacial score (nSPS) is 24.1. The Bertz CT molecular complexity index is 837. The standard InChI is InChI=1S/C22H24N2O2S/c1-2-6-16-9-11-18(12-10-16)23-21(26)19-15-27-22(14-13-20(25)24(19)22)17-7-4-3-5-8-17/h3-5,7-12,19H,2,6,13-15H2,1H3,(H,23,26)/t19-,22+/m0/s1. The SMILES string of the molecule is CCCc1ccc(NC(=O)[C@@H]2CS[C@@]3(c4ccccc4)CCC(=O)N23)cc1. The molecule has 4 nitrogen and oxygen atoms in total. The minimum absolute atomic E-state index is 0.0716. The maximum absolute atomic E-state index is 13.0. The van der Waals surface area contributed by atoms with Gasteiger partial charge in [-0.3, -0.25) is 9.59 Å². The van der Waals surface area contributed by atoms with Gasteiger partial charge in [0.1, 0.15) is 10.9 Å². The van der Waals surface area contributed by atoms with Gasteiger partial charge in [0.2, 0.25) is 11.8 Å². The van der Waals surface area contributed by atoms with E-state index in [2.05, 4.69) is 36.5 Å². The van der Waals surface area contributed by atoms with Crippen molar-refractivity contribution < 1.29 is 9.59 Å². The summed E-state index contributed by atoms with van der Waals surface area (Å²) in [6.45, 7) is 2.15. The smallest absolute Gasteiger partial charge is 0.248 e. The van der Waals surface area contributed by atoms with Crippen LogP contribution in [0.5, 0.6) is 0 Å². The van der Waals surface area contributed by atoms with E-state index < -0.39 is 10.9 Å². The third-order valence-corrected chi connectivity index (χ3v) is 7.01. The Morgan fingerprint density at radius 1 is 1.19 bits per heavy atom. The fraction of sp³-hybridized carbons (Fsp3) is 0.364. The van der Waals surface area contributed by atoms with Gasteiger partial charge in [0.15, 0.2) is 0 Å². The second-order valence-electron chi connectivity index (χ2n) is 7.18. The molecule has 5 heteroatoms. The first-order valence-corrected chi connectivity index (χ1v) is 10.5. The average molecular weight is 381 g/mol. The maximum Gasteiger partial charge on any atom is 0.248 e. The van der Waals surface area contributed by atoms with Crippen molar-refractivity contribution in [3.05, 3.63) is 65.7 Å². The summed E-state index contributed by atoms with van der Waals surface area (Å²) in [7, 11) is 0. The van der Waals surface area contributed by atoms with Crippen molar-refractivity contribution in [1.82, 2.24) is 4.90 Å². The number of benzene rings is 2. The number of hydrogen-bond acceptors (Lipinski definition) is 3. The number of carbonyl (C=O) groups excluding carboxylic acids is 2. The van der Waals surface area contributed by atoms with Gasteiger partial charge in [0.25, 0.3) is 0 Å². The summed E-state index contributed by atoms with van der Waals surface area (Å²) < 4.78 is 0. The summed E-state index contributed by atoms with van der Waals surface area (Å²) in [6.07, 6.45) is 3.40. The molecule has 2 atom stereocenters. The number of nitrogens with zero attached hydrogens (tertiary/aromatic N) is 1. The van der Waals surface area contributed by atoms with Crippen LogP contribution >= 0.6 is 11.8 Å². The number of anilines is 1. The van der Waals surface area contributed by atoms with Crippen LogP contribution < -0.4 is 5.32 Å². The number of nitrogens with one attached hydrogen (secondary N) is 1. The van der Waals surface area contributed by atoms with Crippen LogP contribution in [0.3, 0.4) is 0 Å². The van der Waals surface area contributed by atoms with Gasteiger partial charge in [-0.05, 0) is 36.1 Å². The molecule has 2 saturated heterocycles. The zero-order valence-electron chi connectivity index (χ0n) is 15.5. The lowest BCUT2D eigenvalue weighted by atomic mass is 10.0. The molecule has 0 aliphatic carbocycles. The summed E-state index contributed by atoms with van der Waals surface area (Å²) in [4.78, 5) is 27.0. The number of hydrogen-bond donors (Lipinski definition) is 1. The summed E-state index contributed by atoms with van der Waals surface area (Å²) in [5.41, 5.74) is 3.17. The third-order valence-electron chi connectivity index (χ3n) is 5.41. The molecule has 2 aromatic carbocycles. The van der Waals surface area contributed by atoms with Crippen LogP contribution in [-0.4, -0.2) is 28.5 Å². The predicted octanol–water partition coefficient (Wildman–Crippen LogP) is 4.17.